The first-order chi connectivity index (χ1) is 16.6. The molecule has 0 spiro atoms. The quantitative estimate of drug-likeness (QED) is 0.386. The minimum atomic E-state index is -0.00722. The molecule has 1 saturated heterocycles. The summed E-state index contributed by atoms with van der Waals surface area (Å²) in [5, 5.41) is 7.34. The molecule has 184 valence electrons. The molecular weight excluding hydrogens is 477 g/mol. The van der Waals surface area contributed by atoms with Crippen LogP contribution in [0, 0.1) is 6.92 Å². The lowest BCUT2D eigenvalue weighted by Gasteiger charge is -2.34. The maximum Gasteiger partial charge on any atom is 0.251 e. The van der Waals surface area contributed by atoms with Crippen molar-refractivity contribution in [3.63, 3.8) is 0 Å². The fourth-order valence-electron chi connectivity index (χ4n) is 5.37. The molecule has 35 heavy (non-hydrogen) atoms. The molecule has 1 amide bonds. The Bertz CT molecular complexity index is 1220. The number of nitrogens with one attached hydrogen (secondary N) is 2. The van der Waals surface area contributed by atoms with Gasteiger partial charge in [-0.15, -0.1) is 12.4 Å². The van der Waals surface area contributed by atoms with Crippen LogP contribution in [0.25, 0.3) is 22.3 Å². The van der Waals surface area contributed by atoms with Gasteiger partial charge in [-0.25, -0.2) is 0 Å². The summed E-state index contributed by atoms with van der Waals surface area (Å²) in [6.45, 7) is 8.81. The fourth-order valence-corrected chi connectivity index (χ4v) is 5.54. The monoisotopic (exact) mass is 509 g/mol. The van der Waals surface area contributed by atoms with E-state index < -0.39 is 0 Å². The van der Waals surface area contributed by atoms with E-state index in [4.69, 9.17) is 11.6 Å². The predicted octanol–water partition coefficient (Wildman–Crippen LogP) is 6.24. The largest absolute Gasteiger partial charge is 0.352 e. The Labute approximate surface area is 219 Å². The molecule has 0 aromatic heterocycles. The lowest BCUT2D eigenvalue weighted by atomic mass is 9.89. The fraction of sp³-hybridized carbons (Fsp3) is 0.345. The molecule has 4 nitrogen and oxygen atoms in total. The van der Waals surface area contributed by atoms with Crippen molar-refractivity contribution in [3.8, 4) is 22.3 Å². The molecule has 1 heterocycles. The van der Waals surface area contributed by atoms with Gasteiger partial charge in [0.15, 0.2) is 0 Å². The first-order valence-corrected chi connectivity index (χ1v) is 12.7. The number of rotatable bonds is 6. The van der Waals surface area contributed by atoms with Crippen molar-refractivity contribution in [2.75, 3.05) is 32.7 Å². The SMILES string of the molecule is CCCCNC(=O)c1cc(-c2cccc(Cl)c2C)c2c(c1)C(N1CCNCC1)c1ccccc1-2.Cl. The second kappa shape index (κ2) is 11.1. The molecule has 1 fully saturated rings. The van der Waals surface area contributed by atoms with E-state index in [0.717, 1.165) is 66.3 Å². The summed E-state index contributed by atoms with van der Waals surface area (Å²) in [7, 11) is 0. The number of fused-ring (bicyclic) bond motifs is 3. The van der Waals surface area contributed by atoms with Gasteiger partial charge in [-0.05, 0) is 70.5 Å². The molecule has 1 unspecified atom stereocenters. The van der Waals surface area contributed by atoms with E-state index in [-0.39, 0.29) is 24.4 Å². The highest BCUT2D eigenvalue weighted by atomic mass is 35.5. The zero-order valence-electron chi connectivity index (χ0n) is 20.4. The molecule has 0 bridgehead atoms. The van der Waals surface area contributed by atoms with Crippen LogP contribution >= 0.6 is 24.0 Å². The molecule has 2 N–H and O–H groups in total. The molecule has 1 aliphatic heterocycles. The summed E-state index contributed by atoms with van der Waals surface area (Å²) in [6, 6.07) is 19.1. The Kier molecular flexibility index (Phi) is 8.18. The number of amides is 1. The first kappa shape index (κ1) is 25.7. The lowest BCUT2D eigenvalue weighted by Crippen LogP contribution is -2.45. The predicted molar refractivity (Wildman–Crippen MR) is 148 cm³/mol. The van der Waals surface area contributed by atoms with Crippen molar-refractivity contribution in [1.29, 1.82) is 0 Å². The summed E-state index contributed by atoms with van der Waals surface area (Å²) < 4.78 is 0. The van der Waals surface area contributed by atoms with Crippen LogP contribution in [-0.4, -0.2) is 43.5 Å². The highest BCUT2D eigenvalue weighted by Gasteiger charge is 2.36. The zero-order chi connectivity index (χ0) is 23.7. The van der Waals surface area contributed by atoms with Gasteiger partial charge in [-0.2, -0.15) is 0 Å². The molecular formula is C29H33Cl2N3O. The Morgan fingerprint density at radius 2 is 1.77 bits per heavy atom. The van der Waals surface area contributed by atoms with Gasteiger partial charge in [0, 0.05) is 43.3 Å². The number of nitrogens with zero attached hydrogens (tertiary/aromatic N) is 1. The van der Waals surface area contributed by atoms with Crippen molar-refractivity contribution in [2.24, 2.45) is 0 Å². The topological polar surface area (TPSA) is 44.4 Å². The maximum atomic E-state index is 13.2. The van der Waals surface area contributed by atoms with E-state index in [9.17, 15) is 4.79 Å². The van der Waals surface area contributed by atoms with Crippen molar-refractivity contribution >= 4 is 29.9 Å². The summed E-state index contributed by atoms with van der Waals surface area (Å²) >= 11 is 6.56. The highest BCUT2D eigenvalue weighted by Crippen LogP contribution is 2.51. The second-order valence-electron chi connectivity index (χ2n) is 9.29. The number of hydrogen-bond donors (Lipinski definition) is 2. The summed E-state index contributed by atoms with van der Waals surface area (Å²) in [5.74, 6) is -0.00722. The third-order valence-corrected chi connectivity index (χ3v) is 7.55. The smallest absolute Gasteiger partial charge is 0.251 e. The molecule has 3 aromatic carbocycles. The third-order valence-electron chi connectivity index (χ3n) is 7.14. The maximum absolute atomic E-state index is 13.2. The number of carbonyl (C=O) groups excluding carboxylic acids is 1. The van der Waals surface area contributed by atoms with Crippen molar-refractivity contribution in [1.82, 2.24) is 15.5 Å². The molecule has 0 saturated carbocycles. The van der Waals surface area contributed by atoms with Gasteiger partial charge in [-0.3, -0.25) is 9.69 Å². The van der Waals surface area contributed by atoms with Gasteiger partial charge in [-0.1, -0.05) is 61.3 Å². The second-order valence-corrected chi connectivity index (χ2v) is 9.69. The Morgan fingerprint density at radius 1 is 1.03 bits per heavy atom. The molecule has 2 aliphatic rings. The van der Waals surface area contributed by atoms with Crippen LogP contribution in [-0.2, 0) is 0 Å². The Balaban J connectivity index is 0.00000289. The minimum absolute atomic E-state index is 0. The van der Waals surface area contributed by atoms with Crippen LogP contribution in [0.5, 0.6) is 0 Å². The van der Waals surface area contributed by atoms with E-state index in [1.165, 1.54) is 22.3 Å². The van der Waals surface area contributed by atoms with Gasteiger partial charge in [0.05, 0.1) is 6.04 Å². The molecule has 0 radical (unpaired) electrons. The van der Waals surface area contributed by atoms with Gasteiger partial charge >= 0.3 is 0 Å². The average Bonchev–Trinajstić information content (AvgIpc) is 3.20. The van der Waals surface area contributed by atoms with Crippen LogP contribution in [0.3, 0.4) is 0 Å². The number of piperazine rings is 1. The molecule has 3 aromatic rings. The van der Waals surface area contributed by atoms with Crippen LogP contribution in [0.4, 0.5) is 0 Å². The van der Waals surface area contributed by atoms with E-state index >= 15 is 0 Å². The summed E-state index contributed by atoms with van der Waals surface area (Å²) in [4.78, 5) is 15.8. The lowest BCUT2D eigenvalue weighted by molar-refractivity contribution is 0.0953. The molecule has 5 rings (SSSR count). The van der Waals surface area contributed by atoms with Crippen molar-refractivity contribution in [3.05, 3.63) is 81.9 Å². The number of carbonyl (C=O) groups is 1. The van der Waals surface area contributed by atoms with Crippen LogP contribution in [0.15, 0.2) is 54.6 Å². The summed E-state index contributed by atoms with van der Waals surface area (Å²) in [5.41, 5.74) is 8.97. The molecule has 1 aliphatic carbocycles. The van der Waals surface area contributed by atoms with E-state index in [2.05, 4.69) is 71.8 Å². The van der Waals surface area contributed by atoms with Gasteiger partial charge in [0.2, 0.25) is 0 Å². The normalized spacial score (nSPS) is 16.8. The van der Waals surface area contributed by atoms with Crippen molar-refractivity contribution < 1.29 is 4.79 Å². The van der Waals surface area contributed by atoms with Gasteiger partial charge in [0.1, 0.15) is 0 Å². The van der Waals surface area contributed by atoms with Crippen LogP contribution < -0.4 is 10.6 Å². The minimum Gasteiger partial charge on any atom is -0.352 e. The number of benzene rings is 3. The number of unbranched alkanes of at least 4 members (excludes halogenated alkanes) is 1. The van der Waals surface area contributed by atoms with Gasteiger partial charge < -0.3 is 10.6 Å². The number of halogens is 2. The van der Waals surface area contributed by atoms with Crippen LogP contribution in [0.2, 0.25) is 5.02 Å². The standard InChI is InChI=1S/C29H32ClN3O.ClH/c1-3-4-12-32-29(34)20-17-24(21-10-7-11-26(30)19(21)2)27-22-8-5-6-9-23(22)28(25(27)18-20)33-15-13-31-14-16-33;/h5-11,17-18,28,31H,3-4,12-16H2,1-2H3,(H,32,34);1H. The van der Waals surface area contributed by atoms with E-state index in [1.54, 1.807) is 0 Å². The Hall–Kier alpha value is -2.37. The van der Waals surface area contributed by atoms with Gasteiger partial charge in [0.25, 0.3) is 5.91 Å². The Morgan fingerprint density at radius 3 is 2.54 bits per heavy atom. The highest BCUT2D eigenvalue weighted by molar-refractivity contribution is 6.31. The first-order valence-electron chi connectivity index (χ1n) is 12.4. The molecule has 6 heteroatoms. The third kappa shape index (κ3) is 4.85. The number of hydrogen-bond acceptors (Lipinski definition) is 3. The van der Waals surface area contributed by atoms with E-state index in [1.807, 2.05) is 12.1 Å². The van der Waals surface area contributed by atoms with Crippen molar-refractivity contribution in [2.45, 2.75) is 32.7 Å². The van der Waals surface area contributed by atoms with Crippen LogP contribution in [0.1, 0.15) is 52.9 Å². The zero-order valence-corrected chi connectivity index (χ0v) is 21.9. The average molecular weight is 511 g/mol. The molecule has 1 atom stereocenters. The van der Waals surface area contributed by atoms with E-state index in [0.29, 0.717) is 6.54 Å². The summed E-state index contributed by atoms with van der Waals surface area (Å²) in [6.07, 6.45) is 2.03.